The smallest absolute Gasteiger partial charge is 0.142 e. The van der Waals surface area contributed by atoms with E-state index >= 15 is 0 Å². The predicted octanol–water partition coefficient (Wildman–Crippen LogP) is 1.91. The second kappa shape index (κ2) is 4.04. The van der Waals surface area contributed by atoms with Gasteiger partial charge < -0.3 is 11.1 Å². The average molecular weight is 202 g/mol. The predicted molar refractivity (Wildman–Crippen MR) is 61.5 cm³/mol. The summed E-state index contributed by atoms with van der Waals surface area (Å²) in [6.07, 6.45) is 1.69. The highest BCUT2D eigenvalue weighted by Gasteiger charge is 1.99. The molecule has 0 saturated carbocycles. The number of H-pyrrole nitrogens is 1. The molecule has 15 heavy (non-hydrogen) atoms. The van der Waals surface area contributed by atoms with Crippen LogP contribution in [0.4, 0.5) is 11.5 Å². The van der Waals surface area contributed by atoms with E-state index in [1.54, 1.807) is 6.20 Å². The molecule has 0 saturated heterocycles. The molecule has 1 aromatic heterocycles. The molecule has 4 N–H and O–H groups in total. The summed E-state index contributed by atoms with van der Waals surface area (Å²) in [7, 11) is 0. The van der Waals surface area contributed by atoms with Gasteiger partial charge in [0.1, 0.15) is 5.82 Å². The standard InChI is InChI=1S/C11H14N4/c1-8-3-2-4-9(5-8)6-13-10-7-14-15-11(10)12/h2-5,7,13H,6H2,1H3,(H3,12,14,15). The molecule has 0 unspecified atom stereocenters. The van der Waals surface area contributed by atoms with Crippen molar-refractivity contribution in [2.75, 3.05) is 11.1 Å². The quantitative estimate of drug-likeness (QED) is 0.712. The van der Waals surface area contributed by atoms with E-state index in [0.717, 1.165) is 12.2 Å². The Balaban J connectivity index is 2.02. The number of aromatic nitrogens is 2. The monoisotopic (exact) mass is 202 g/mol. The second-order valence-corrected chi connectivity index (χ2v) is 3.54. The topological polar surface area (TPSA) is 66.7 Å². The van der Waals surface area contributed by atoms with E-state index in [1.165, 1.54) is 11.1 Å². The fourth-order valence-electron chi connectivity index (χ4n) is 1.46. The van der Waals surface area contributed by atoms with Crippen LogP contribution < -0.4 is 11.1 Å². The minimum absolute atomic E-state index is 0.572. The lowest BCUT2D eigenvalue weighted by Crippen LogP contribution is -2.01. The molecule has 0 spiro atoms. The third kappa shape index (κ3) is 2.28. The van der Waals surface area contributed by atoms with Crippen LogP contribution in [0.2, 0.25) is 0 Å². The molecule has 1 heterocycles. The highest BCUT2D eigenvalue weighted by Crippen LogP contribution is 2.14. The van der Waals surface area contributed by atoms with Crippen LogP contribution in [0.1, 0.15) is 11.1 Å². The van der Waals surface area contributed by atoms with Gasteiger partial charge in [-0.15, -0.1) is 0 Å². The summed E-state index contributed by atoms with van der Waals surface area (Å²) >= 11 is 0. The molecule has 2 aromatic rings. The molecule has 0 fully saturated rings. The summed E-state index contributed by atoms with van der Waals surface area (Å²) in [5, 5.41) is 9.74. The van der Waals surface area contributed by atoms with Crippen molar-refractivity contribution < 1.29 is 0 Å². The Morgan fingerprint density at radius 3 is 3.00 bits per heavy atom. The van der Waals surface area contributed by atoms with Crippen LogP contribution in [0, 0.1) is 6.92 Å². The lowest BCUT2D eigenvalue weighted by molar-refractivity contribution is 1.10. The maximum absolute atomic E-state index is 5.65. The number of hydrogen-bond donors (Lipinski definition) is 3. The molecule has 0 aliphatic carbocycles. The van der Waals surface area contributed by atoms with Gasteiger partial charge in [-0.2, -0.15) is 5.10 Å². The van der Waals surface area contributed by atoms with Crippen LogP contribution in [0.25, 0.3) is 0 Å². The van der Waals surface area contributed by atoms with Crippen molar-refractivity contribution in [2.24, 2.45) is 0 Å². The highest BCUT2D eigenvalue weighted by molar-refractivity contribution is 5.60. The van der Waals surface area contributed by atoms with E-state index < -0.39 is 0 Å². The first-order valence-electron chi connectivity index (χ1n) is 4.84. The van der Waals surface area contributed by atoms with Crippen LogP contribution in [0.15, 0.2) is 30.5 Å². The van der Waals surface area contributed by atoms with Crippen LogP contribution >= 0.6 is 0 Å². The van der Waals surface area contributed by atoms with E-state index in [0.29, 0.717) is 5.82 Å². The van der Waals surface area contributed by atoms with Crippen LogP contribution in [-0.4, -0.2) is 10.2 Å². The highest BCUT2D eigenvalue weighted by atomic mass is 15.2. The lowest BCUT2D eigenvalue weighted by Gasteiger charge is -2.05. The molecule has 0 aliphatic heterocycles. The minimum atomic E-state index is 0.572. The minimum Gasteiger partial charge on any atom is -0.382 e. The molecule has 2 rings (SSSR count). The first-order chi connectivity index (χ1) is 7.25. The summed E-state index contributed by atoms with van der Waals surface area (Å²) in [6.45, 7) is 2.83. The number of hydrogen-bond acceptors (Lipinski definition) is 3. The second-order valence-electron chi connectivity index (χ2n) is 3.54. The Morgan fingerprint density at radius 1 is 1.47 bits per heavy atom. The maximum atomic E-state index is 5.65. The van der Waals surface area contributed by atoms with Gasteiger partial charge in [-0.1, -0.05) is 29.8 Å². The van der Waals surface area contributed by atoms with Gasteiger partial charge in [-0.05, 0) is 12.5 Å². The number of benzene rings is 1. The Kier molecular flexibility index (Phi) is 2.58. The van der Waals surface area contributed by atoms with Gasteiger partial charge in [0, 0.05) is 6.54 Å². The van der Waals surface area contributed by atoms with Crippen molar-refractivity contribution in [3.05, 3.63) is 41.6 Å². The maximum Gasteiger partial charge on any atom is 0.142 e. The van der Waals surface area contributed by atoms with E-state index in [2.05, 4.69) is 40.6 Å². The van der Waals surface area contributed by atoms with Crippen molar-refractivity contribution >= 4 is 11.5 Å². The van der Waals surface area contributed by atoms with Gasteiger partial charge in [0.2, 0.25) is 0 Å². The third-order valence-electron chi connectivity index (χ3n) is 2.23. The Morgan fingerprint density at radius 2 is 2.33 bits per heavy atom. The fraction of sp³-hybridized carbons (Fsp3) is 0.182. The van der Waals surface area contributed by atoms with Crippen LogP contribution in [0.5, 0.6) is 0 Å². The number of rotatable bonds is 3. The number of nitrogens with one attached hydrogen (secondary N) is 2. The van der Waals surface area contributed by atoms with Crippen molar-refractivity contribution in [3.63, 3.8) is 0 Å². The molecule has 78 valence electrons. The van der Waals surface area contributed by atoms with E-state index in [9.17, 15) is 0 Å². The van der Waals surface area contributed by atoms with Gasteiger partial charge >= 0.3 is 0 Å². The third-order valence-corrected chi connectivity index (χ3v) is 2.23. The molecule has 4 nitrogen and oxygen atoms in total. The number of nitrogens with zero attached hydrogens (tertiary/aromatic N) is 1. The first kappa shape index (κ1) is 9.58. The van der Waals surface area contributed by atoms with Crippen molar-refractivity contribution in [3.8, 4) is 0 Å². The number of nitrogens with two attached hydrogens (primary N) is 1. The van der Waals surface area contributed by atoms with Gasteiger partial charge in [-0.3, -0.25) is 5.10 Å². The van der Waals surface area contributed by atoms with Gasteiger partial charge in [0.15, 0.2) is 0 Å². The molecule has 0 amide bonds. The first-order valence-corrected chi connectivity index (χ1v) is 4.84. The van der Waals surface area contributed by atoms with Gasteiger partial charge in [0.25, 0.3) is 0 Å². The van der Waals surface area contributed by atoms with E-state index in [-0.39, 0.29) is 0 Å². The van der Waals surface area contributed by atoms with E-state index in [1.807, 2.05) is 6.07 Å². The molecule has 0 bridgehead atoms. The van der Waals surface area contributed by atoms with Crippen molar-refractivity contribution in [2.45, 2.75) is 13.5 Å². The number of anilines is 2. The van der Waals surface area contributed by atoms with Gasteiger partial charge in [0.05, 0.1) is 11.9 Å². The summed E-state index contributed by atoms with van der Waals surface area (Å²) in [5.74, 6) is 0.572. The largest absolute Gasteiger partial charge is 0.382 e. The van der Waals surface area contributed by atoms with Gasteiger partial charge in [-0.25, -0.2) is 0 Å². The molecular weight excluding hydrogens is 188 g/mol. The summed E-state index contributed by atoms with van der Waals surface area (Å²) in [5.41, 5.74) is 8.99. The molecule has 4 heteroatoms. The zero-order chi connectivity index (χ0) is 10.7. The Labute approximate surface area is 88.5 Å². The normalized spacial score (nSPS) is 10.2. The summed E-state index contributed by atoms with van der Waals surface area (Å²) < 4.78 is 0. The summed E-state index contributed by atoms with van der Waals surface area (Å²) in [4.78, 5) is 0. The van der Waals surface area contributed by atoms with Crippen LogP contribution in [-0.2, 0) is 6.54 Å². The summed E-state index contributed by atoms with van der Waals surface area (Å²) in [6, 6.07) is 8.35. The van der Waals surface area contributed by atoms with Crippen molar-refractivity contribution in [1.29, 1.82) is 0 Å². The number of aromatic amines is 1. The zero-order valence-corrected chi connectivity index (χ0v) is 8.62. The lowest BCUT2D eigenvalue weighted by atomic mass is 10.1. The Bertz CT molecular complexity index is 447. The van der Waals surface area contributed by atoms with E-state index in [4.69, 9.17) is 5.73 Å². The molecule has 0 aliphatic rings. The zero-order valence-electron chi connectivity index (χ0n) is 8.62. The number of nitrogen functional groups attached to an aromatic ring is 1. The number of aryl methyl sites for hydroxylation is 1. The molecule has 0 atom stereocenters. The SMILES string of the molecule is Cc1cccc(CNc2cn[nH]c2N)c1. The molecule has 1 aromatic carbocycles. The average Bonchev–Trinajstić information content (AvgIpc) is 2.61. The van der Waals surface area contributed by atoms with Crippen molar-refractivity contribution in [1.82, 2.24) is 10.2 Å². The molecule has 0 radical (unpaired) electrons. The fourth-order valence-corrected chi connectivity index (χ4v) is 1.46. The Hall–Kier alpha value is -1.97. The van der Waals surface area contributed by atoms with Crippen LogP contribution in [0.3, 0.4) is 0 Å². The molecular formula is C11H14N4.